The first kappa shape index (κ1) is 15.8. The van der Waals surface area contributed by atoms with E-state index in [1.807, 2.05) is 6.92 Å². The third kappa shape index (κ3) is 4.70. The van der Waals surface area contributed by atoms with E-state index in [0.29, 0.717) is 18.6 Å². The van der Waals surface area contributed by atoms with Gasteiger partial charge in [-0.3, -0.25) is 0 Å². The minimum Gasteiger partial charge on any atom is -0.463 e. The molecule has 21 heavy (non-hydrogen) atoms. The number of aromatic nitrogens is 3. The molecule has 0 radical (unpaired) electrons. The van der Waals surface area contributed by atoms with Crippen LogP contribution in [0.15, 0.2) is 0 Å². The summed E-state index contributed by atoms with van der Waals surface area (Å²) < 4.78 is 11.3. The lowest BCUT2D eigenvalue weighted by molar-refractivity contribution is 0.0437. The third-order valence-electron chi connectivity index (χ3n) is 3.27. The van der Waals surface area contributed by atoms with Crippen molar-refractivity contribution in [3.05, 3.63) is 0 Å². The van der Waals surface area contributed by atoms with Gasteiger partial charge in [0.25, 0.3) is 0 Å². The van der Waals surface area contributed by atoms with Gasteiger partial charge in [-0.25, -0.2) is 0 Å². The van der Waals surface area contributed by atoms with Gasteiger partial charge in [0.15, 0.2) is 0 Å². The molecule has 1 aromatic heterocycles. The second-order valence-electron chi connectivity index (χ2n) is 5.21. The van der Waals surface area contributed by atoms with Crippen molar-refractivity contribution in [3.8, 4) is 6.01 Å². The van der Waals surface area contributed by atoms with E-state index in [1.165, 1.54) is 0 Å². The van der Waals surface area contributed by atoms with Crippen LogP contribution in [0.4, 0.5) is 11.9 Å². The molecule has 0 aromatic carbocycles. The van der Waals surface area contributed by atoms with E-state index in [2.05, 4.69) is 26.8 Å². The van der Waals surface area contributed by atoms with Gasteiger partial charge in [-0.05, 0) is 25.7 Å². The summed E-state index contributed by atoms with van der Waals surface area (Å²) >= 11 is 0. The summed E-state index contributed by atoms with van der Waals surface area (Å²) in [6, 6.07) is 0.302. The van der Waals surface area contributed by atoms with Crippen LogP contribution >= 0.6 is 0 Å². The summed E-state index contributed by atoms with van der Waals surface area (Å²) in [5.41, 5.74) is 5.75. The molecular formula is C14H25N5O2. The largest absolute Gasteiger partial charge is 0.463 e. The minimum absolute atomic E-state index is 0.197. The lowest BCUT2D eigenvalue weighted by Gasteiger charge is -2.32. The number of nitrogens with two attached hydrogens (primary N) is 1. The molecule has 118 valence electrons. The van der Waals surface area contributed by atoms with Crippen molar-refractivity contribution in [1.29, 1.82) is 0 Å². The van der Waals surface area contributed by atoms with Crippen LogP contribution in [0.1, 0.15) is 39.5 Å². The first-order chi connectivity index (χ1) is 10.2. The van der Waals surface area contributed by atoms with Crippen molar-refractivity contribution in [2.24, 2.45) is 0 Å². The summed E-state index contributed by atoms with van der Waals surface area (Å²) in [5.74, 6) is 0.779. The minimum atomic E-state index is 0.197. The average molecular weight is 295 g/mol. The maximum absolute atomic E-state index is 5.83. The molecule has 1 saturated heterocycles. The van der Waals surface area contributed by atoms with Crippen LogP contribution in [-0.2, 0) is 4.74 Å². The van der Waals surface area contributed by atoms with Crippen LogP contribution in [0.3, 0.4) is 0 Å². The molecule has 0 amide bonds. The van der Waals surface area contributed by atoms with Crippen LogP contribution in [-0.4, -0.2) is 47.4 Å². The van der Waals surface area contributed by atoms with E-state index < -0.39 is 0 Å². The van der Waals surface area contributed by atoms with Gasteiger partial charge in [0.2, 0.25) is 11.9 Å². The number of nitrogen functional groups attached to an aromatic ring is 1. The molecule has 1 fully saturated rings. The molecule has 7 nitrogen and oxygen atoms in total. The first-order valence-corrected chi connectivity index (χ1v) is 7.73. The summed E-state index contributed by atoms with van der Waals surface area (Å²) in [7, 11) is 0. The number of piperidine rings is 1. The van der Waals surface area contributed by atoms with Crippen LogP contribution in [0.2, 0.25) is 0 Å². The molecule has 0 aliphatic carbocycles. The summed E-state index contributed by atoms with van der Waals surface area (Å²) in [4.78, 5) is 14.7. The van der Waals surface area contributed by atoms with E-state index in [0.717, 1.165) is 45.4 Å². The van der Waals surface area contributed by atoms with E-state index in [-0.39, 0.29) is 12.1 Å². The topological polar surface area (TPSA) is 86.4 Å². The first-order valence-electron chi connectivity index (χ1n) is 7.73. The Labute approximate surface area is 125 Å². The van der Waals surface area contributed by atoms with Crippen LogP contribution in [0.25, 0.3) is 0 Å². The van der Waals surface area contributed by atoms with Crippen LogP contribution in [0, 0.1) is 0 Å². The van der Waals surface area contributed by atoms with Gasteiger partial charge in [-0.15, -0.1) is 0 Å². The quantitative estimate of drug-likeness (QED) is 0.818. The molecule has 1 unspecified atom stereocenters. The van der Waals surface area contributed by atoms with Gasteiger partial charge in [0, 0.05) is 19.7 Å². The summed E-state index contributed by atoms with van der Waals surface area (Å²) in [6.07, 6.45) is 4.31. The van der Waals surface area contributed by atoms with Gasteiger partial charge in [0.1, 0.15) is 0 Å². The van der Waals surface area contributed by atoms with E-state index in [1.54, 1.807) is 0 Å². The molecule has 1 aliphatic rings. The van der Waals surface area contributed by atoms with Crippen LogP contribution in [0.5, 0.6) is 6.01 Å². The fourth-order valence-electron chi connectivity index (χ4n) is 2.30. The van der Waals surface area contributed by atoms with Crippen molar-refractivity contribution in [2.45, 2.75) is 45.6 Å². The Kier molecular flexibility index (Phi) is 5.98. The standard InChI is InChI=1S/C14H25N5O2/c1-3-8-20-11-6-5-7-19(10-11)13-16-12(15)17-14(18-13)21-9-4-2/h11H,3-10H2,1-2H3,(H2,15,16,17,18). The lowest BCUT2D eigenvalue weighted by atomic mass is 10.1. The van der Waals surface area contributed by atoms with Gasteiger partial charge >= 0.3 is 6.01 Å². The Hall–Kier alpha value is -1.63. The van der Waals surface area contributed by atoms with Crippen molar-refractivity contribution in [3.63, 3.8) is 0 Å². The van der Waals surface area contributed by atoms with Crippen molar-refractivity contribution in [1.82, 2.24) is 15.0 Å². The third-order valence-corrected chi connectivity index (χ3v) is 3.27. The highest BCUT2D eigenvalue weighted by Gasteiger charge is 2.23. The van der Waals surface area contributed by atoms with E-state index in [4.69, 9.17) is 15.2 Å². The van der Waals surface area contributed by atoms with E-state index >= 15 is 0 Å². The second-order valence-corrected chi connectivity index (χ2v) is 5.21. The maximum Gasteiger partial charge on any atom is 0.323 e. The zero-order valence-electron chi connectivity index (χ0n) is 12.9. The molecule has 1 aromatic rings. The molecule has 2 N–H and O–H groups in total. The molecule has 0 saturated carbocycles. The predicted octanol–water partition coefficient (Wildman–Crippen LogP) is 1.64. The molecule has 7 heteroatoms. The number of anilines is 2. The highest BCUT2D eigenvalue weighted by molar-refractivity contribution is 5.36. The molecule has 0 bridgehead atoms. The zero-order chi connectivity index (χ0) is 15.1. The number of hydrogen-bond donors (Lipinski definition) is 1. The normalized spacial score (nSPS) is 18.8. The average Bonchev–Trinajstić information content (AvgIpc) is 2.50. The van der Waals surface area contributed by atoms with Gasteiger partial charge in [-0.1, -0.05) is 13.8 Å². The molecule has 0 spiro atoms. The molecular weight excluding hydrogens is 270 g/mol. The highest BCUT2D eigenvalue weighted by atomic mass is 16.5. The SMILES string of the molecule is CCCOc1nc(N)nc(N2CCCC(OCCC)C2)n1. The number of hydrogen-bond acceptors (Lipinski definition) is 7. The Bertz CT molecular complexity index is 443. The van der Waals surface area contributed by atoms with Crippen molar-refractivity contribution >= 4 is 11.9 Å². The van der Waals surface area contributed by atoms with Crippen molar-refractivity contribution in [2.75, 3.05) is 36.9 Å². The van der Waals surface area contributed by atoms with Gasteiger partial charge in [0.05, 0.1) is 12.7 Å². The Morgan fingerprint density at radius 2 is 2.00 bits per heavy atom. The number of nitrogens with zero attached hydrogens (tertiary/aromatic N) is 4. The van der Waals surface area contributed by atoms with E-state index in [9.17, 15) is 0 Å². The van der Waals surface area contributed by atoms with Gasteiger partial charge in [-0.2, -0.15) is 15.0 Å². The predicted molar refractivity (Wildman–Crippen MR) is 81.5 cm³/mol. The Morgan fingerprint density at radius 3 is 2.76 bits per heavy atom. The molecule has 2 heterocycles. The zero-order valence-corrected chi connectivity index (χ0v) is 12.9. The molecule has 2 rings (SSSR count). The molecule has 1 atom stereocenters. The highest BCUT2D eigenvalue weighted by Crippen LogP contribution is 2.20. The number of ether oxygens (including phenoxy) is 2. The monoisotopic (exact) mass is 295 g/mol. The smallest absolute Gasteiger partial charge is 0.323 e. The fourth-order valence-corrected chi connectivity index (χ4v) is 2.30. The van der Waals surface area contributed by atoms with Gasteiger partial charge < -0.3 is 20.1 Å². The summed E-state index contributed by atoms with van der Waals surface area (Å²) in [6.45, 7) is 7.21. The second kappa shape index (κ2) is 7.97. The lowest BCUT2D eigenvalue weighted by Crippen LogP contribution is -2.41. The van der Waals surface area contributed by atoms with Crippen molar-refractivity contribution < 1.29 is 9.47 Å². The Morgan fingerprint density at radius 1 is 1.19 bits per heavy atom. The summed E-state index contributed by atoms with van der Waals surface area (Å²) in [5, 5.41) is 0. The maximum atomic E-state index is 5.83. The fraction of sp³-hybridized carbons (Fsp3) is 0.786. The molecule has 1 aliphatic heterocycles. The Balaban J connectivity index is 2.03. The number of rotatable bonds is 7. The van der Waals surface area contributed by atoms with Crippen LogP contribution < -0.4 is 15.4 Å².